The Morgan fingerprint density at radius 2 is 1.03 bits per heavy atom. The summed E-state index contributed by atoms with van der Waals surface area (Å²) in [5, 5.41) is 9.51. The van der Waals surface area contributed by atoms with Crippen molar-refractivity contribution in [2.24, 2.45) is 0 Å². The smallest absolute Gasteiger partial charge is 0.333 e. The van der Waals surface area contributed by atoms with Gasteiger partial charge in [-0.1, -0.05) is 200 Å². The van der Waals surface area contributed by atoms with E-state index in [0.29, 0.717) is 0 Å². The fourth-order valence-corrected chi connectivity index (χ4v) is 13.9. The van der Waals surface area contributed by atoms with E-state index in [-0.39, 0.29) is 6.85 Å². The lowest BCUT2D eigenvalue weighted by atomic mass is 9.43. The van der Waals surface area contributed by atoms with Gasteiger partial charge in [0.05, 0.1) is 10.1 Å². The number of hydrogen-bond donors (Lipinski definition) is 1. The Labute approximate surface area is 391 Å². The lowest BCUT2D eigenvalue weighted by molar-refractivity contribution is 0.748. The van der Waals surface area contributed by atoms with Gasteiger partial charge < -0.3 is 10.1 Å². The Morgan fingerprint density at radius 3 is 1.73 bits per heavy atom. The molecule has 0 unspecified atom stereocenters. The summed E-state index contributed by atoms with van der Waals surface area (Å²) in [5.74, 6) is 0. The molecule has 2 aliphatic heterocycles. The van der Waals surface area contributed by atoms with E-state index in [1.807, 2.05) is 22.7 Å². The van der Waals surface area contributed by atoms with Crippen LogP contribution in [0, 0.1) is 0 Å². The number of benzene rings is 10. The Morgan fingerprint density at radius 1 is 0.439 bits per heavy atom. The first-order valence-electron chi connectivity index (χ1n) is 22.7. The molecule has 0 bridgehead atoms. The van der Waals surface area contributed by atoms with E-state index in [1.165, 1.54) is 107 Å². The fourth-order valence-electron chi connectivity index (χ4n) is 11.5. The van der Waals surface area contributed by atoms with Crippen molar-refractivity contribution >= 4 is 104 Å². The van der Waals surface area contributed by atoms with Gasteiger partial charge in [0, 0.05) is 64.0 Å². The quantitative estimate of drug-likeness (QED) is 0.132. The molecule has 10 aromatic carbocycles. The summed E-state index contributed by atoms with van der Waals surface area (Å²) in [4.78, 5) is 2.71. The molecule has 2 aliphatic rings. The summed E-state index contributed by atoms with van der Waals surface area (Å²) in [5.41, 5.74) is 16.5. The summed E-state index contributed by atoms with van der Waals surface area (Å²) >= 11 is 3.80. The maximum absolute atomic E-state index is 4.28. The maximum atomic E-state index is 4.28. The highest BCUT2D eigenvalue weighted by atomic mass is 32.1. The predicted molar refractivity (Wildman–Crippen MR) is 285 cm³/mol. The summed E-state index contributed by atoms with van der Waals surface area (Å²) in [6, 6.07) is 85.9. The first kappa shape index (κ1) is 37.7. The highest BCUT2D eigenvalue weighted by molar-refractivity contribution is 7.27. The van der Waals surface area contributed by atoms with E-state index in [2.05, 4.69) is 241 Å². The average molecular weight is 875 g/mol. The van der Waals surface area contributed by atoms with Gasteiger partial charge >= 0.3 is 6.85 Å². The normalized spacial score (nSPS) is 12.9. The van der Waals surface area contributed by atoms with E-state index in [9.17, 15) is 0 Å². The molecular weight excluding hydrogens is 836 g/mol. The number of anilines is 4. The highest BCUT2D eigenvalue weighted by Crippen LogP contribution is 2.54. The molecule has 0 amide bonds. The zero-order valence-electron chi connectivity index (χ0n) is 35.8. The SMILES string of the molecule is c1ccc(-c2ccc3c(c2)N(c2cccc4c2sc2ccccc24)B2c4cccc(C(c5ccccc5)(c5ccccc5)c5ccccc5)c4Nc4cc5sc6ccccc6c5c-3c42)cc1. The monoisotopic (exact) mass is 874 g/mol. The molecule has 0 fully saturated rings. The molecule has 14 rings (SSSR count). The highest BCUT2D eigenvalue weighted by Gasteiger charge is 2.48. The molecule has 12 aromatic rings. The molecule has 66 heavy (non-hydrogen) atoms. The van der Waals surface area contributed by atoms with Crippen LogP contribution in [0.25, 0.3) is 62.6 Å². The molecular formula is C61H39BN2S2. The Bertz CT molecular complexity index is 3760. The molecule has 0 aliphatic carbocycles. The Kier molecular flexibility index (Phi) is 8.37. The third-order valence-corrected chi connectivity index (χ3v) is 16.5. The molecule has 5 heteroatoms. The standard InChI is InChI=1S/C61H39BN2S2/c1-5-19-39(20-6-1)40-35-36-46-52(37-40)64(51-32-17-29-45-44-27-13-15-33-53(44)66-60(45)51)62-49-31-18-30-48(59(49)63-50-38-55-56(57(46)58(50)62)47-28-14-16-34-54(47)65-55)61(41-21-7-2-8-22-41,42-23-9-3-10-24-42)43-25-11-4-12-26-43/h1-38,63H. The number of nitrogens with one attached hydrogen (secondary N) is 1. The molecule has 2 nitrogen and oxygen atoms in total. The van der Waals surface area contributed by atoms with Gasteiger partial charge in [-0.15, -0.1) is 22.7 Å². The van der Waals surface area contributed by atoms with Crippen LogP contribution in [0.2, 0.25) is 0 Å². The molecule has 2 aromatic heterocycles. The second-order valence-electron chi connectivity index (χ2n) is 17.5. The average Bonchev–Trinajstić information content (AvgIpc) is 3.96. The topological polar surface area (TPSA) is 15.3 Å². The van der Waals surface area contributed by atoms with E-state index >= 15 is 0 Å². The van der Waals surface area contributed by atoms with Gasteiger partial charge in [0.25, 0.3) is 0 Å². The molecule has 0 atom stereocenters. The Balaban J connectivity index is 1.15. The van der Waals surface area contributed by atoms with E-state index in [1.54, 1.807) is 0 Å². The van der Waals surface area contributed by atoms with Crippen molar-refractivity contribution in [1.82, 2.24) is 0 Å². The van der Waals surface area contributed by atoms with Crippen LogP contribution >= 0.6 is 22.7 Å². The zero-order chi connectivity index (χ0) is 43.3. The molecule has 0 radical (unpaired) electrons. The third kappa shape index (κ3) is 5.36. The van der Waals surface area contributed by atoms with Crippen LogP contribution < -0.4 is 21.1 Å². The van der Waals surface area contributed by atoms with Crippen molar-refractivity contribution in [1.29, 1.82) is 0 Å². The van der Waals surface area contributed by atoms with Crippen molar-refractivity contribution < 1.29 is 0 Å². The van der Waals surface area contributed by atoms with Crippen LogP contribution in [0.5, 0.6) is 0 Å². The van der Waals surface area contributed by atoms with Crippen LogP contribution in [-0.4, -0.2) is 6.85 Å². The van der Waals surface area contributed by atoms with Crippen LogP contribution in [0.4, 0.5) is 22.7 Å². The molecule has 308 valence electrons. The molecule has 0 spiro atoms. The van der Waals surface area contributed by atoms with Gasteiger partial charge in [0.15, 0.2) is 0 Å². The van der Waals surface area contributed by atoms with Crippen LogP contribution in [0.3, 0.4) is 0 Å². The van der Waals surface area contributed by atoms with Gasteiger partial charge in [0.2, 0.25) is 0 Å². The van der Waals surface area contributed by atoms with E-state index in [0.717, 1.165) is 11.4 Å². The zero-order valence-corrected chi connectivity index (χ0v) is 37.4. The second-order valence-corrected chi connectivity index (χ2v) is 19.7. The molecule has 0 saturated carbocycles. The minimum atomic E-state index is -0.659. The molecule has 4 heterocycles. The van der Waals surface area contributed by atoms with Gasteiger partial charge in [0.1, 0.15) is 0 Å². The third-order valence-electron chi connectivity index (χ3n) is 14.2. The maximum Gasteiger partial charge on any atom is 0.333 e. The number of fused-ring (bicyclic) bond motifs is 11. The summed E-state index contributed by atoms with van der Waals surface area (Å²) in [7, 11) is 0. The Hall–Kier alpha value is -7.70. The van der Waals surface area contributed by atoms with Crippen molar-refractivity contribution in [3.63, 3.8) is 0 Å². The first-order chi connectivity index (χ1) is 32.8. The van der Waals surface area contributed by atoms with Gasteiger partial charge in [-0.3, -0.25) is 0 Å². The van der Waals surface area contributed by atoms with E-state index in [4.69, 9.17) is 0 Å². The lowest BCUT2D eigenvalue weighted by Crippen LogP contribution is -2.61. The van der Waals surface area contributed by atoms with Crippen molar-refractivity contribution in [3.05, 3.63) is 253 Å². The van der Waals surface area contributed by atoms with Crippen LogP contribution in [-0.2, 0) is 5.41 Å². The van der Waals surface area contributed by atoms with Crippen molar-refractivity contribution in [3.8, 4) is 22.3 Å². The van der Waals surface area contributed by atoms with Gasteiger partial charge in [-0.05, 0) is 80.2 Å². The molecule has 1 N–H and O–H groups in total. The number of nitrogens with zero attached hydrogens (tertiary/aromatic N) is 1. The lowest BCUT2D eigenvalue weighted by Gasteiger charge is -2.45. The van der Waals surface area contributed by atoms with Gasteiger partial charge in [-0.25, -0.2) is 0 Å². The summed E-state index contributed by atoms with van der Waals surface area (Å²) < 4.78 is 5.19. The summed E-state index contributed by atoms with van der Waals surface area (Å²) in [6.07, 6.45) is 0. The first-order valence-corrected chi connectivity index (χ1v) is 24.3. The largest absolute Gasteiger partial charge is 0.375 e. The van der Waals surface area contributed by atoms with Crippen molar-refractivity contribution in [2.45, 2.75) is 5.41 Å². The van der Waals surface area contributed by atoms with Crippen LogP contribution in [0.15, 0.2) is 231 Å². The number of thiophene rings is 2. The van der Waals surface area contributed by atoms with Crippen molar-refractivity contribution in [2.75, 3.05) is 10.1 Å². The minimum Gasteiger partial charge on any atom is -0.375 e. The second kappa shape index (κ2) is 14.7. The predicted octanol–water partition coefficient (Wildman–Crippen LogP) is 15.5. The van der Waals surface area contributed by atoms with E-state index < -0.39 is 5.41 Å². The fraction of sp³-hybridized carbons (Fsp3) is 0.0164. The number of para-hydroxylation sites is 1. The number of hydrogen-bond acceptors (Lipinski definition) is 4. The number of rotatable bonds is 6. The molecule has 0 saturated heterocycles. The minimum absolute atomic E-state index is 0.177. The summed E-state index contributed by atoms with van der Waals surface area (Å²) in [6.45, 7) is -0.177. The van der Waals surface area contributed by atoms with Gasteiger partial charge in [-0.2, -0.15) is 0 Å². The van der Waals surface area contributed by atoms with Crippen LogP contribution in [0.1, 0.15) is 22.3 Å².